The standard InChI is InChI=1S/C23H17FN4O2/c1-2-18-22(14-27)20(28)30-23(18,16-8-4-3-5-9-16)29-19(21(22,12-25)13-26)15-7-6-10-17(24)11-15/h3-11,18-19,28H,2H2,1H3. The van der Waals surface area contributed by atoms with Crippen molar-refractivity contribution in [1.82, 2.24) is 0 Å². The van der Waals surface area contributed by atoms with Gasteiger partial charge in [0.2, 0.25) is 17.1 Å². The van der Waals surface area contributed by atoms with E-state index in [0.29, 0.717) is 12.0 Å². The zero-order valence-corrected chi connectivity index (χ0v) is 16.1. The van der Waals surface area contributed by atoms with E-state index < -0.39 is 40.4 Å². The van der Waals surface area contributed by atoms with Gasteiger partial charge in [0.15, 0.2) is 5.41 Å². The molecule has 0 spiro atoms. The lowest BCUT2D eigenvalue weighted by Gasteiger charge is -2.49. The molecule has 0 aliphatic carbocycles. The summed E-state index contributed by atoms with van der Waals surface area (Å²) in [5.74, 6) is -3.41. The molecule has 2 heterocycles. The second kappa shape index (κ2) is 6.66. The Bertz CT molecular complexity index is 1130. The molecule has 2 bridgehead atoms. The van der Waals surface area contributed by atoms with Crippen LogP contribution in [0.3, 0.4) is 0 Å². The van der Waals surface area contributed by atoms with Gasteiger partial charge >= 0.3 is 0 Å². The fraction of sp³-hybridized carbons (Fsp3) is 0.304. The van der Waals surface area contributed by atoms with E-state index in [1.807, 2.05) is 12.1 Å². The first kappa shape index (κ1) is 19.6. The van der Waals surface area contributed by atoms with Gasteiger partial charge in [-0.1, -0.05) is 49.4 Å². The molecule has 0 saturated carbocycles. The van der Waals surface area contributed by atoms with Crippen molar-refractivity contribution in [3.63, 3.8) is 0 Å². The molecule has 2 aromatic rings. The summed E-state index contributed by atoms with van der Waals surface area (Å²) in [6, 6.07) is 20.3. The van der Waals surface area contributed by atoms with Crippen LogP contribution in [0, 0.1) is 62.0 Å². The monoisotopic (exact) mass is 400 g/mol. The molecule has 2 aromatic carbocycles. The average molecular weight is 400 g/mol. The van der Waals surface area contributed by atoms with Gasteiger partial charge in [0.1, 0.15) is 11.9 Å². The SMILES string of the molecule is CCC1C2(c3ccccc3)OC(=N)C1(C#N)C(C#N)(C#N)C(c1cccc(F)c1)O2. The lowest BCUT2D eigenvalue weighted by atomic mass is 9.52. The number of ether oxygens (including phenoxy) is 2. The molecular formula is C23H17FN4O2. The largest absolute Gasteiger partial charge is 0.443 e. The van der Waals surface area contributed by atoms with E-state index >= 15 is 0 Å². The van der Waals surface area contributed by atoms with Crippen LogP contribution in [0.2, 0.25) is 0 Å². The first-order chi connectivity index (χ1) is 14.5. The van der Waals surface area contributed by atoms with Crippen molar-refractivity contribution in [2.75, 3.05) is 0 Å². The van der Waals surface area contributed by atoms with Gasteiger partial charge in [0.25, 0.3) is 0 Å². The van der Waals surface area contributed by atoms with Crippen LogP contribution in [0.1, 0.15) is 30.6 Å². The van der Waals surface area contributed by atoms with Crippen LogP contribution in [0.4, 0.5) is 4.39 Å². The Morgan fingerprint density at radius 1 is 1.03 bits per heavy atom. The molecule has 4 rings (SSSR count). The molecule has 4 atom stereocenters. The van der Waals surface area contributed by atoms with Crippen molar-refractivity contribution in [2.45, 2.75) is 25.2 Å². The number of halogens is 1. The summed E-state index contributed by atoms with van der Waals surface area (Å²) in [5, 5.41) is 39.3. The normalized spacial score (nSPS) is 31.1. The molecule has 0 aromatic heterocycles. The predicted octanol–water partition coefficient (Wildman–Crippen LogP) is 4.33. The Morgan fingerprint density at radius 2 is 1.73 bits per heavy atom. The number of nitrogens with one attached hydrogen (secondary N) is 1. The Hall–Kier alpha value is -3.73. The van der Waals surface area contributed by atoms with Crippen molar-refractivity contribution >= 4 is 5.90 Å². The van der Waals surface area contributed by atoms with Gasteiger partial charge in [0.05, 0.1) is 24.1 Å². The van der Waals surface area contributed by atoms with Crippen LogP contribution in [-0.2, 0) is 15.3 Å². The van der Waals surface area contributed by atoms with Crippen LogP contribution in [-0.4, -0.2) is 5.90 Å². The number of hydrogen-bond donors (Lipinski definition) is 1. The van der Waals surface area contributed by atoms with E-state index in [2.05, 4.69) is 6.07 Å². The quantitative estimate of drug-likeness (QED) is 0.824. The smallest absolute Gasteiger partial charge is 0.244 e. The molecule has 0 radical (unpaired) electrons. The number of rotatable bonds is 3. The molecule has 6 nitrogen and oxygen atoms in total. The fourth-order valence-electron chi connectivity index (χ4n) is 4.87. The third-order valence-corrected chi connectivity index (χ3v) is 6.17. The molecule has 2 aliphatic heterocycles. The summed E-state index contributed by atoms with van der Waals surface area (Å²) in [6.07, 6.45) is -1.00. The second-order valence-electron chi connectivity index (χ2n) is 7.43. The fourth-order valence-corrected chi connectivity index (χ4v) is 4.87. The molecule has 2 aliphatic rings. The van der Waals surface area contributed by atoms with Crippen molar-refractivity contribution in [3.8, 4) is 18.2 Å². The van der Waals surface area contributed by atoms with Gasteiger partial charge < -0.3 is 9.47 Å². The van der Waals surface area contributed by atoms with Gasteiger partial charge in [-0.05, 0) is 24.1 Å². The van der Waals surface area contributed by atoms with Gasteiger partial charge in [-0.2, -0.15) is 15.8 Å². The molecule has 4 unspecified atom stereocenters. The maximum Gasteiger partial charge on any atom is 0.244 e. The zero-order valence-electron chi connectivity index (χ0n) is 16.1. The summed E-state index contributed by atoms with van der Waals surface area (Å²) < 4.78 is 26.4. The molecule has 1 N–H and O–H groups in total. The molecule has 7 heteroatoms. The Labute approximate surface area is 173 Å². The molecular weight excluding hydrogens is 383 g/mol. The minimum atomic E-state index is -2.11. The maximum atomic E-state index is 14.0. The highest BCUT2D eigenvalue weighted by Gasteiger charge is 2.80. The number of benzene rings is 2. The molecule has 2 fully saturated rings. The van der Waals surface area contributed by atoms with E-state index in [4.69, 9.17) is 14.9 Å². The van der Waals surface area contributed by atoms with Gasteiger partial charge in [-0.15, -0.1) is 0 Å². The zero-order chi connectivity index (χ0) is 21.6. The number of nitrogens with zero attached hydrogens (tertiary/aromatic N) is 3. The first-order valence-electron chi connectivity index (χ1n) is 9.46. The average Bonchev–Trinajstić information content (AvgIpc) is 2.98. The van der Waals surface area contributed by atoms with E-state index in [0.717, 1.165) is 0 Å². The molecule has 148 valence electrons. The van der Waals surface area contributed by atoms with Crippen molar-refractivity contribution in [3.05, 3.63) is 71.5 Å². The van der Waals surface area contributed by atoms with Crippen molar-refractivity contribution in [1.29, 1.82) is 21.2 Å². The van der Waals surface area contributed by atoms with Gasteiger partial charge in [-0.25, -0.2) is 4.39 Å². The minimum Gasteiger partial charge on any atom is -0.443 e. The number of nitriles is 3. The number of fused-ring (bicyclic) bond motifs is 2. The summed E-state index contributed by atoms with van der Waals surface area (Å²) in [6.45, 7) is 1.79. The predicted molar refractivity (Wildman–Crippen MR) is 103 cm³/mol. The highest BCUT2D eigenvalue weighted by atomic mass is 19.1. The molecule has 30 heavy (non-hydrogen) atoms. The topological polar surface area (TPSA) is 114 Å². The third kappa shape index (κ3) is 2.15. The van der Waals surface area contributed by atoms with Crippen LogP contribution in [0.15, 0.2) is 54.6 Å². The van der Waals surface area contributed by atoms with Gasteiger partial charge in [0, 0.05) is 5.56 Å². The highest BCUT2D eigenvalue weighted by Crippen LogP contribution is 2.69. The summed E-state index contributed by atoms with van der Waals surface area (Å²) in [4.78, 5) is 0. The maximum absolute atomic E-state index is 14.0. The minimum absolute atomic E-state index is 0.228. The Kier molecular flexibility index (Phi) is 4.35. The van der Waals surface area contributed by atoms with Crippen LogP contribution >= 0.6 is 0 Å². The van der Waals surface area contributed by atoms with E-state index in [-0.39, 0.29) is 5.56 Å². The van der Waals surface area contributed by atoms with Crippen molar-refractivity contribution in [2.24, 2.45) is 16.7 Å². The van der Waals surface area contributed by atoms with Crippen LogP contribution < -0.4 is 0 Å². The Balaban J connectivity index is 2.08. The van der Waals surface area contributed by atoms with Crippen molar-refractivity contribution < 1.29 is 13.9 Å². The lowest BCUT2D eigenvalue weighted by Crippen LogP contribution is -2.58. The third-order valence-electron chi connectivity index (χ3n) is 6.17. The van der Waals surface area contributed by atoms with Crippen LogP contribution in [0.5, 0.6) is 0 Å². The van der Waals surface area contributed by atoms with E-state index in [1.165, 1.54) is 24.3 Å². The highest BCUT2D eigenvalue weighted by molar-refractivity contribution is 5.89. The summed E-state index contributed by atoms with van der Waals surface area (Å²) >= 11 is 0. The van der Waals surface area contributed by atoms with Gasteiger partial charge in [-0.3, -0.25) is 5.41 Å². The Morgan fingerprint density at radius 3 is 2.30 bits per heavy atom. The second-order valence-corrected chi connectivity index (χ2v) is 7.43. The van der Waals surface area contributed by atoms with E-state index in [1.54, 1.807) is 37.3 Å². The lowest BCUT2D eigenvalue weighted by molar-refractivity contribution is -0.292. The summed E-state index contributed by atoms with van der Waals surface area (Å²) in [7, 11) is 0. The van der Waals surface area contributed by atoms with Crippen LogP contribution in [0.25, 0.3) is 0 Å². The first-order valence-corrected chi connectivity index (χ1v) is 9.46. The molecule has 2 saturated heterocycles. The number of hydrogen-bond acceptors (Lipinski definition) is 6. The molecule has 0 amide bonds. The van der Waals surface area contributed by atoms with E-state index in [9.17, 15) is 20.2 Å². The summed E-state index contributed by atoms with van der Waals surface area (Å²) in [5.41, 5.74) is -3.21.